The van der Waals surface area contributed by atoms with Gasteiger partial charge in [0.2, 0.25) is 0 Å². The highest BCUT2D eigenvalue weighted by Gasteiger charge is 2.22. The molecule has 2 amide bonds. The maximum absolute atomic E-state index is 12.6. The highest BCUT2D eigenvalue weighted by Crippen LogP contribution is 2.21. The van der Waals surface area contributed by atoms with Crippen LogP contribution < -0.4 is 15.1 Å². The minimum Gasteiger partial charge on any atom is -0.465 e. The van der Waals surface area contributed by atoms with Crippen molar-refractivity contribution in [3.05, 3.63) is 54.1 Å². The second kappa shape index (κ2) is 8.65. The first-order chi connectivity index (χ1) is 13.5. The molecule has 2 aromatic carbocycles. The van der Waals surface area contributed by atoms with Crippen LogP contribution in [0.4, 0.5) is 21.9 Å². The lowest BCUT2D eigenvalue weighted by Gasteiger charge is -2.36. The van der Waals surface area contributed by atoms with Gasteiger partial charge >= 0.3 is 12.0 Å². The van der Waals surface area contributed by atoms with Crippen molar-refractivity contribution in [2.45, 2.75) is 0 Å². The highest BCUT2D eigenvalue weighted by atomic mass is 16.5. The van der Waals surface area contributed by atoms with Crippen molar-refractivity contribution in [3.8, 4) is 0 Å². The van der Waals surface area contributed by atoms with Crippen molar-refractivity contribution in [1.82, 2.24) is 4.90 Å². The molecule has 0 bridgehead atoms. The van der Waals surface area contributed by atoms with Crippen LogP contribution in [0.2, 0.25) is 0 Å². The van der Waals surface area contributed by atoms with Crippen molar-refractivity contribution in [3.63, 3.8) is 0 Å². The molecule has 7 nitrogen and oxygen atoms in total. The summed E-state index contributed by atoms with van der Waals surface area (Å²) < 4.78 is 4.78. The lowest BCUT2D eigenvalue weighted by atomic mass is 10.2. The minimum atomic E-state index is -0.470. The molecule has 148 valence electrons. The highest BCUT2D eigenvalue weighted by molar-refractivity contribution is 6.00. The number of benzene rings is 2. The van der Waals surface area contributed by atoms with E-state index in [0.29, 0.717) is 24.3 Å². The average molecular weight is 382 g/mol. The quantitative estimate of drug-likeness (QED) is 0.824. The van der Waals surface area contributed by atoms with E-state index in [0.717, 1.165) is 24.5 Å². The second-order valence-electron chi connectivity index (χ2n) is 6.85. The number of anilines is 3. The summed E-state index contributed by atoms with van der Waals surface area (Å²) in [4.78, 5) is 30.6. The summed E-state index contributed by atoms with van der Waals surface area (Å²) in [7, 11) is 5.36. The number of methoxy groups -OCH3 is 1. The number of hydrogen-bond acceptors (Lipinski definition) is 5. The van der Waals surface area contributed by atoms with Gasteiger partial charge < -0.3 is 24.8 Å². The molecular weight excluding hydrogens is 356 g/mol. The number of esters is 1. The summed E-state index contributed by atoms with van der Waals surface area (Å²) in [5.41, 5.74) is 3.12. The SMILES string of the molecule is COC(=O)c1ccccc1NC(=O)N1CCN(c2ccc(N(C)C)cc2)CC1. The zero-order valence-corrected chi connectivity index (χ0v) is 16.5. The Morgan fingerprint density at radius 3 is 2.21 bits per heavy atom. The zero-order valence-electron chi connectivity index (χ0n) is 16.5. The molecule has 1 fully saturated rings. The number of hydrogen-bond donors (Lipinski definition) is 1. The molecule has 0 saturated carbocycles. The average Bonchev–Trinajstić information content (AvgIpc) is 2.73. The van der Waals surface area contributed by atoms with Gasteiger partial charge in [0.25, 0.3) is 0 Å². The topological polar surface area (TPSA) is 65.1 Å². The Morgan fingerprint density at radius 2 is 1.61 bits per heavy atom. The fourth-order valence-corrected chi connectivity index (χ4v) is 3.20. The molecule has 1 aliphatic rings. The van der Waals surface area contributed by atoms with Crippen molar-refractivity contribution in [2.24, 2.45) is 0 Å². The van der Waals surface area contributed by atoms with Crippen molar-refractivity contribution in [2.75, 3.05) is 62.5 Å². The van der Waals surface area contributed by atoms with E-state index in [1.54, 1.807) is 29.2 Å². The molecule has 0 atom stereocenters. The number of nitrogens with zero attached hydrogens (tertiary/aromatic N) is 3. The molecule has 0 unspecified atom stereocenters. The van der Waals surface area contributed by atoms with E-state index < -0.39 is 5.97 Å². The van der Waals surface area contributed by atoms with Gasteiger partial charge in [-0.05, 0) is 36.4 Å². The standard InChI is InChI=1S/C21H26N4O3/c1-23(2)16-8-10-17(11-9-16)24-12-14-25(15-13-24)21(27)22-19-7-5-4-6-18(19)20(26)28-3/h4-11H,12-15H2,1-3H3,(H,22,27). The lowest BCUT2D eigenvalue weighted by molar-refractivity contribution is 0.0602. The van der Waals surface area contributed by atoms with E-state index in [4.69, 9.17) is 4.74 Å². The number of urea groups is 1. The summed E-state index contributed by atoms with van der Waals surface area (Å²) >= 11 is 0. The number of ether oxygens (including phenoxy) is 1. The third kappa shape index (κ3) is 4.36. The predicted molar refractivity (Wildman–Crippen MR) is 111 cm³/mol. The monoisotopic (exact) mass is 382 g/mol. The fraction of sp³-hybridized carbons (Fsp3) is 0.333. The van der Waals surface area contributed by atoms with Crippen LogP contribution >= 0.6 is 0 Å². The van der Waals surface area contributed by atoms with E-state index in [1.165, 1.54) is 7.11 Å². The Bertz CT molecular complexity index is 828. The van der Waals surface area contributed by atoms with Gasteiger partial charge in [0.15, 0.2) is 0 Å². The molecule has 0 aromatic heterocycles. The van der Waals surface area contributed by atoms with E-state index >= 15 is 0 Å². The number of carbonyl (C=O) groups is 2. The van der Waals surface area contributed by atoms with E-state index in [1.807, 2.05) is 14.1 Å². The van der Waals surface area contributed by atoms with Gasteiger partial charge in [-0.1, -0.05) is 12.1 Å². The summed E-state index contributed by atoms with van der Waals surface area (Å²) in [6.07, 6.45) is 0. The molecule has 28 heavy (non-hydrogen) atoms. The van der Waals surface area contributed by atoms with Gasteiger partial charge in [-0.25, -0.2) is 9.59 Å². The van der Waals surface area contributed by atoms with Crippen LogP contribution in [0.5, 0.6) is 0 Å². The Hall–Kier alpha value is -3.22. The largest absolute Gasteiger partial charge is 0.465 e. The van der Waals surface area contributed by atoms with E-state index in [-0.39, 0.29) is 6.03 Å². The molecule has 1 heterocycles. The molecule has 1 aliphatic heterocycles. The summed E-state index contributed by atoms with van der Waals surface area (Å²) in [6, 6.07) is 15.0. The number of amides is 2. The molecular formula is C21H26N4O3. The first kappa shape index (κ1) is 19.5. The van der Waals surface area contributed by atoms with Crippen LogP contribution in [0, 0.1) is 0 Å². The van der Waals surface area contributed by atoms with Crippen LogP contribution in [-0.2, 0) is 4.74 Å². The third-order valence-electron chi connectivity index (χ3n) is 4.87. The molecule has 1 saturated heterocycles. The summed E-state index contributed by atoms with van der Waals surface area (Å²) in [5.74, 6) is -0.470. The van der Waals surface area contributed by atoms with Crippen LogP contribution in [0.25, 0.3) is 0 Å². The van der Waals surface area contributed by atoms with Gasteiger partial charge in [0.1, 0.15) is 0 Å². The summed E-state index contributed by atoms with van der Waals surface area (Å²) in [6.45, 7) is 2.74. The molecule has 2 aromatic rings. The second-order valence-corrected chi connectivity index (χ2v) is 6.85. The van der Waals surface area contributed by atoms with E-state index in [9.17, 15) is 9.59 Å². The first-order valence-electron chi connectivity index (χ1n) is 9.25. The van der Waals surface area contributed by atoms with Gasteiger partial charge in [0.05, 0.1) is 18.4 Å². The van der Waals surface area contributed by atoms with Crippen LogP contribution in [0.15, 0.2) is 48.5 Å². The molecule has 7 heteroatoms. The smallest absolute Gasteiger partial charge is 0.339 e. The van der Waals surface area contributed by atoms with Crippen LogP contribution in [0.3, 0.4) is 0 Å². The number of para-hydroxylation sites is 1. The number of piperazine rings is 1. The first-order valence-corrected chi connectivity index (χ1v) is 9.25. The maximum atomic E-state index is 12.6. The lowest BCUT2D eigenvalue weighted by Crippen LogP contribution is -2.50. The van der Waals surface area contributed by atoms with Crippen LogP contribution in [0.1, 0.15) is 10.4 Å². The van der Waals surface area contributed by atoms with Gasteiger partial charge in [-0.3, -0.25) is 0 Å². The molecule has 1 N–H and O–H groups in total. The van der Waals surface area contributed by atoms with Gasteiger partial charge in [-0.2, -0.15) is 0 Å². The Labute approximate surface area is 165 Å². The van der Waals surface area contributed by atoms with Crippen molar-refractivity contribution < 1.29 is 14.3 Å². The molecule has 0 aliphatic carbocycles. The molecule has 0 spiro atoms. The Kier molecular flexibility index (Phi) is 6.03. The van der Waals surface area contributed by atoms with Crippen molar-refractivity contribution in [1.29, 1.82) is 0 Å². The maximum Gasteiger partial charge on any atom is 0.339 e. The Morgan fingerprint density at radius 1 is 0.964 bits per heavy atom. The molecule has 0 radical (unpaired) electrons. The predicted octanol–water partition coefficient (Wildman–Crippen LogP) is 2.89. The number of rotatable bonds is 4. The summed E-state index contributed by atoms with van der Waals surface area (Å²) in [5, 5.41) is 2.83. The molecule has 3 rings (SSSR count). The third-order valence-corrected chi connectivity index (χ3v) is 4.87. The van der Waals surface area contributed by atoms with Gasteiger partial charge in [0, 0.05) is 51.6 Å². The van der Waals surface area contributed by atoms with Crippen LogP contribution in [-0.4, -0.2) is 64.3 Å². The Balaban J connectivity index is 1.59. The van der Waals surface area contributed by atoms with Crippen molar-refractivity contribution >= 4 is 29.1 Å². The normalized spacial score (nSPS) is 13.8. The van der Waals surface area contributed by atoms with Gasteiger partial charge in [-0.15, -0.1) is 0 Å². The fourth-order valence-electron chi connectivity index (χ4n) is 3.20. The van der Waals surface area contributed by atoms with E-state index in [2.05, 4.69) is 39.4 Å². The minimum absolute atomic E-state index is 0.209. The zero-order chi connectivity index (χ0) is 20.1. The number of nitrogens with one attached hydrogen (secondary N) is 1. The number of carbonyl (C=O) groups excluding carboxylic acids is 2.